The van der Waals surface area contributed by atoms with Crippen molar-refractivity contribution in [3.63, 3.8) is 0 Å². The van der Waals surface area contributed by atoms with Crippen LogP contribution in [-0.2, 0) is 6.61 Å². The first-order valence-corrected chi connectivity index (χ1v) is 9.59. The van der Waals surface area contributed by atoms with Crippen LogP contribution in [0.5, 0.6) is 0 Å². The Morgan fingerprint density at radius 1 is 1.19 bits per heavy atom. The summed E-state index contributed by atoms with van der Waals surface area (Å²) in [7, 11) is 0. The van der Waals surface area contributed by atoms with Crippen molar-refractivity contribution in [2.75, 3.05) is 13.1 Å². The summed E-state index contributed by atoms with van der Waals surface area (Å²) in [6, 6.07) is 8.89. The zero-order chi connectivity index (χ0) is 18.1. The molecule has 0 unspecified atom stereocenters. The SMILES string of the molecule is CC(C)c1c(-c2ccncc2CO)[nH]c2ccc(C3CCNCC3)cc12. The first-order chi connectivity index (χ1) is 12.7. The predicted octanol–water partition coefficient (Wildman–Crippen LogP) is 4.31. The first-order valence-electron chi connectivity index (χ1n) is 9.59. The predicted molar refractivity (Wildman–Crippen MR) is 106 cm³/mol. The van der Waals surface area contributed by atoms with Crippen molar-refractivity contribution in [1.29, 1.82) is 0 Å². The second-order valence-electron chi connectivity index (χ2n) is 7.59. The molecule has 0 amide bonds. The number of rotatable bonds is 4. The van der Waals surface area contributed by atoms with E-state index in [4.69, 9.17) is 0 Å². The van der Waals surface area contributed by atoms with Crippen molar-refractivity contribution in [3.05, 3.63) is 53.3 Å². The summed E-state index contributed by atoms with van der Waals surface area (Å²) in [5.74, 6) is 1.04. The van der Waals surface area contributed by atoms with E-state index in [1.807, 2.05) is 6.07 Å². The molecule has 0 aliphatic carbocycles. The number of fused-ring (bicyclic) bond motifs is 1. The minimum atomic E-state index is -0.00357. The second kappa shape index (κ2) is 7.22. The van der Waals surface area contributed by atoms with Crippen molar-refractivity contribution in [1.82, 2.24) is 15.3 Å². The van der Waals surface area contributed by atoms with E-state index in [1.165, 1.54) is 34.9 Å². The number of nitrogens with zero attached hydrogens (tertiary/aromatic N) is 1. The number of pyridine rings is 1. The van der Waals surface area contributed by atoms with Crippen LogP contribution in [0.3, 0.4) is 0 Å². The Kier molecular flexibility index (Phi) is 4.79. The van der Waals surface area contributed by atoms with E-state index in [0.29, 0.717) is 11.8 Å². The molecule has 0 radical (unpaired) electrons. The monoisotopic (exact) mass is 349 g/mol. The number of piperidine rings is 1. The van der Waals surface area contributed by atoms with E-state index in [9.17, 15) is 5.11 Å². The number of nitrogens with one attached hydrogen (secondary N) is 2. The van der Waals surface area contributed by atoms with E-state index in [-0.39, 0.29) is 6.61 Å². The van der Waals surface area contributed by atoms with Crippen LogP contribution >= 0.6 is 0 Å². The lowest BCUT2D eigenvalue weighted by Crippen LogP contribution is -2.26. The van der Waals surface area contributed by atoms with E-state index >= 15 is 0 Å². The first kappa shape index (κ1) is 17.3. The van der Waals surface area contributed by atoms with Gasteiger partial charge in [-0.05, 0) is 67.1 Å². The van der Waals surface area contributed by atoms with Crippen LogP contribution < -0.4 is 5.32 Å². The molecule has 26 heavy (non-hydrogen) atoms. The fraction of sp³-hybridized carbons (Fsp3) is 0.409. The minimum absolute atomic E-state index is 0.00357. The van der Waals surface area contributed by atoms with Gasteiger partial charge >= 0.3 is 0 Å². The van der Waals surface area contributed by atoms with Gasteiger partial charge < -0.3 is 15.4 Å². The molecule has 4 rings (SSSR count). The normalized spacial score (nSPS) is 15.8. The van der Waals surface area contributed by atoms with Gasteiger partial charge in [0.1, 0.15) is 0 Å². The smallest absolute Gasteiger partial charge is 0.0703 e. The summed E-state index contributed by atoms with van der Waals surface area (Å²) in [4.78, 5) is 7.78. The molecule has 1 fully saturated rings. The highest BCUT2D eigenvalue weighted by Gasteiger charge is 2.21. The Hall–Kier alpha value is -2.17. The molecule has 4 nitrogen and oxygen atoms in total. The van der Waals surface area contributed by atoms with Crippen LogP contribution in [0, 0.1) is 0 Å². The van der Waals surface area contributed by atoms with Gasteiger partial charge in [-0.3, -0.25) is 4.98 Å². The molecule has 3 N–H and O–H groups in total. The Bertz CT molecular complexity index is 907. The van der Waals surface area contributed by atoms with E-state index in [0.717, 1.165) is 29.9 Å². The molecule has 4 heteroatoms. The van der Waals surface area contributed by atoms with Crippen LogP contribution in [0.4, 0.5) is 0 Å². The number of hydrogen-bond acceptors (Lipinski definition) is 3. The van der Waals surface area contributed by atoms with Crippen molar-refractivity contribution < 1.29 is 5.11 Å². The second-order valence-corrected chi connectivity index (χ2v) is 7.59. The lowest BCUT2D eigenvalue weighted by Gasteiger charge is -2.23. The van der Waals surface area contributed by atoms with Gasteiger partial charge in [0.2, 0.25) is 0 Å². The van der Waals surface area contributed by atoms with Crippen molar-refractivity contribution in [2.24, 2.45) is 0 Å². The molecule has 136 valence electrons. The Morgan fingerprint density at radius 2 is 2.00 bits per heavy atom. The zero-order valence-corrected chi connectivity index (χ0v) is 15.5. The fourth-order valence-electron chi connectivity index (χ4n) is 4.25. The third-order valence-electron chi connectivity index (χ3n) is 5.59. The number of aliphatic hydroxyl groups is 1. The standard InChI is InChI=1S/C22H27N3O/c1-14(2)21-19-11-16(15-5-8-23-9-6-15)3-4-20(19)25-22(21)18-7-10-24-12-17(18)13-26/h3-4,7,10-12,14-15,23,25-26H,5-6,8-9,13H2,1-2H3. The summed E-state index contributed by atoms with van der Waals surface area (Å²) < 4.78 is 0. The van der Waals surface area contributed by atoms with Crippen molar-refractivity contribution >= 4 is 10.9 Å². The van der Waals surface area contributed by atoms with Crippen LogP contribution in [0.2, 0.25) is 0 Å². The van der Waals surface area contributed by atoms with E-state index in [2.05, 4.69) is 47.3 Å². The number of aliphatic hydroxyl groups excluding tert-OH is 1. The van der Waals surface area contributed by atoms with Crippen LogP contribution in [0.15, 0.2) is 36.7 Å². The third-order valence-corrected chi connectivity index (χ3v) is 5.59. The fourth-order valence-corrected chi connectivity index (χ4v) is 4.25. The summed E-state index contributed by atoms with van der Waals surface area (Å²) in [6.07, 6.45) is 5.97. The average Bonchev–Trinajstić information content (AvgIpc) is 3.07. The molecule has 3 heterocycles. The lowest BCUT2D eigenvalue weighted by molar-refractivity contribution is 0.282. The molecule has 1 aliphatic rings. The molecule has 3 aromatic rings. The Morgan fingerprint density at radius 3 is 2.73 bits per heavy atom. The highest BCUT2D eigenvalue weighted by molar-refractivity contribution is 5.92. The van der Waals surface area contributed by atoms with Crippen LogP contribution in [0.25, 0.3) is 22.2 Å². The molecule has 1 aromatic carbocycles. The molecule has 0 atom stereocenters. The lowest BCUT2D eigenvalue weighted by atomic mass is 9.88. The Balaban J connectivity index is 1.87. The molecular weight excluding hydrogens is 322 g/mol. The minimum Gasteiger partial charge on any atom is -0.392 e. The van der Waals surface area contributed by atoms with Crippen molar-refractivity contribution in [3.8, 4) is 11.3 Å². The third kappa shape index (κ3) is 3.04. The summed E-state index contributed by atoms with van der Waals surface area (Å²) >= 11 is 0. The maximum absolute atomic E-state index is 9.74. The highest BCUT2D eigenvalue weighted by Crippen LogP contribution is 2.38. The maximum Gasteiger partial charge on any atom is 0.0703 e. The van der Waals surface area contributed by atoms with Gasteiger partial charge in [0, 0.05) is 34.4 Å². The molecule has 1 saturated heterocycles. The van der Waals surface area contributed by atoms with Crippen LogP contribution in [0.1, 0.15) is 55.2 Å². The summed E-state index contributed by atoms with van der Waals surface area (Å²) in [5, 5.41) is 14.5. The van der Waals surface area contributed by atoms with E-state index in [1.54, 1.807) is 12.4 Å². The van der Waals surface area contributed by atoms with Gasteiger partial charge in [0.05, 0.1) is 12.3 Å². The quantitative estimate of drug-likeness (QED) is 0.658. The number of aromatic nitrogens is 2. The van der Waals surface area contributed by atoms with Gasteiger partial charge in [-0.15, -0.1) is 0 Å². The number of benzene rings is 1. The Labute approximate surface area is 154 Å². The molecule has 0 bridgehead atoms. The highest BCUT2D eigenvalue weighted by atomic mass is 16.3. The summed E-state index contributed by atoms with van der Waals surface area (Å²) in [5.41, 5.74) is 6.97. The van der Waals surface area contributed by atoms with E-state index < -0.39 is 0 Å². The van der Waals surface area contributed by atoms with Gasteiger partial charge in [-0.25, -0.2) is 0 Å². The average molecular weight is 349 g/mol. The molecule has 2 aromatic heterocycles. The van der Waals surface area contributed by atoms with Gasteiger partial charge in [0.25, 0.3) is 0 Å². The molecular formula is C22H27N3O. The van der Waals surface area contributed by atoms with Crippen LogP contribution in [-0.4, -0.2) is 28.2 Å². The number of hydrogen-bond donors (Lipinski definition) is 3. The number of aromatic amines is 1. The van der Waals surface area contributed by atoms with Gasteiger partial charge in [0.15, 0.2) is 0 Å². The van der Waals surface area contributed by atoms with Crippen molar-refractivity contribution in [2.45, 2.75) is 45.1 Å². The zero-order valence-electron chi connectivity index (χ0n) is 15.5. The topological polar surface area (TPSA) is 60.9 Å². The summed E-state index contributed by atoms with van der Waals surface area (Å²) in [6.45, 7) is 6.69. The van der Waals surface area contributed by atoms with Gasteiger partial charge in [-0.1, -0.05) is 19.9 Å². The largest absolute Gasteiger partial charge is 0.392 e. The number of H-pyrrole nitrogens is 1. The molecule has 0 saturated carbocycles. The van der Waals surface area contributed by atoms with Gasteiger partial charge in [-0.2, -0.15) is 0 Å². The molecule has 1 aliphatic heterocycles. The molecule has 0 spiro atoms. The maximum atomic E-state index is 9.74.